The van der Waals surface area contributed by atoms with E-state index in [2.05, 4.69) is 5.32 Å². The standard InChI is InChI=1S/C16H22ClNO2/c1-12-9-14(7-8-15(12)17)20-11-16(19)18-10-13-5-3-2-4-6-13/h7-9,13H,2-6,10-11H2,1H3,(H,18,19). The predicted octanol–water partition coefficient (Wildman–Crippen LogP) is 3.72. The second-order valence-corrected chi connectivity index (χ2v) is 5.91. The van der Waals surface area contributed by atoms with Crippen LogP contribution < -0.4 is 10.1 Å². The molecule has 1 aliphatic carbocycles. The number of halogens is 1. The first-order chi connectivity index (χ1) is 9.65. The molecule has 0 heterocycles. The number of rotatable bonds is 5. The van der Waals surface area contributed by atoms with Gasteiger partial charge in [0.1, 0.15) is 5.75 Å². The lowest BCUT2D eigenvalue weighted by Crippen LogP contribution is -2.33. The first-order valence-corrected chi connectivity index (χ1v) is 7.68. The molecule has 1 aromatic carbocycles. The average Bonchev–Trinajstić information content (AvgIpc) is 2.47. The molecule has 1 fully saturated rings. The summed E-state index contributed by atoms with van der Waals surface area (Å²) in [6.07, 6.45) is 6.39. The molecule has 3 nitrogen and oxygen atoms in total. The molecule has 1 N–H and O–H groups in total. The summed E-state index contributed by atoms with van der Waals surface area (Å²) in [5.74, 6) is 1.27. The van der Waals surface area contributed by atoms with Crippen LogP contribution in [0.5, 0.6) is 5.75 Å². The van der Waals surface area contributed by atoms with Crippen LogP contribution >= 0.6 is 11.6 Å². The lowest BCUT2D eigenvalue weighted by atomic mass is 9.89. The third-order valence-corrected chi connectivity index (χ3v) is 4.24. The molecule has 0 unspecified atom stereocenters. The van der Waals surface area contributed by atoms with Crippen LogP contribution in [0.15, 0.2) is 18.2 Å². The van der Waals surface area contributed by atoms with Crippen molar-refractivity contribution in [1.29, 1.82) is 0 Å². The number of nitrogens with one attached hydrogen (secondary N) is 1. The van der Waals surface area contributed by atoms with Gasteiger partial charge in [-0.15, -0.1) is 0 Å². The number of benzene rings is 1. The number of aryl methyl sites for hydroxylation is 1. The van der Waals surface area contributed by atoms with Crippen LogP contribution in [0.3, 0.4) is 0 Å². The van der Waals surface area contributed by atoms with Gasteiger partial charge in [0, 0.05) is 11.6 Å². The van der Waals surface area contributed by atoms with E-state index in [0.717, 1.165) is 12.1 Å². The maximum Gasteiger partial charge on any atom is 0.257 e. The van der Waals surface area contributed by atoms with E-state index in [1.807, 2.05) is 13.0 Å². The molecular formula is C16H22ClNO2. The van der Waals surface area contributed by atoms with E-state index in [4.69, 9.17) is 16.3 Å². The highest BCUT2D eigenvalue weighted by Gasteiger charge is 2.14. The van der Waals surface area contributed by atoms with Gasteiger partial charge in [-0.2, -0.15) is 0 Å². The van der Waals surface area contributed by atoms with Gasteiger partial charge in [-0.05, 0) is 49.4 Å². The molecule has 1 saturated carbocycles. The van der Waals surface area contributed by atoms with Crippen molar-refractivity contribution >= 4 is 17.5 Å². The average molecular weight is 296 g/mol. The van der Waals surface area contributed by atoms with E-state index < -0.39 is 0 Å². The normalized spacial score (nSPS) is 15.9. The Hall–Kier alpha value is -1.22. The van der Waals surface area contributed by atoms with E-state index in [0.29, 0.717) is 16.7 Å². The second-order valence-electron chi connectivity index (χ2n) is 5.51. The number of hydrogen-bond acceptors (Lipinski definition) is 2. The van der Waals surface area contributed by atoms with Crippen molar-refractivity contribution in [2.24, 2.45) is 5.92 Å². The molecular weight excluding hydrogens is 274 g/mol. The highest BCUT2D eigenvalue weighted by Crippen LogP contribution is 2.23. The van der Waals surface area contributed by atoms with Crippen molar-refractivity contribution < 1.29 is 9.53 Å². The molecule has 0 radical (unpaired) electrons. The fraction of sp³-hybridized carbons (Fsp3) is 0.562. The summed E-state index contributed by atoms with van der Waals surface area (Å²) in [5.41, 5.74) is 0.951. The first-order valence-electron chi connectivity index (χ1n) is 7.31. The van der Waals surface area contributed by atoms with Crippen molar-refractivity contribution in [3.8, 4) is 5.75 Å². The second kappa shape index (κ2) is 7.53. The highest BCUT2D eigenvalue weighted by molar-refractivity contribution is 6.31. The van der Waals surface area contributed by atoms with Gasteiger partial charge in [-0.1, -0.05) is 30.9 Å². The van der Waals surface area contributed by atoms with E-state index in [1.165, 1.54) is 32.1 Å². The van der Waals surface area contributed by atoms with Crippen molar-refractivity contribution in [2.45, 2.75) is 39.0 Å². The molecule has 1 amide bonds. The topological polar surface area (TPSA) is 38.3 Å². The number of ether oxygens (including phenoxy) is 1. The fourth-order valence-electron chi connectivity index (χ4n) is 2.56. The molecule has 0 aromatic heterocycles. The summed E-state index contributed by atoms with van der Waals surface area (Å²) in [5, 5.41) is 3.67. The molecule has 2 rings (SSSR count). The molecule has 1 aromatic rings. The van der Waals surface area contributed by atoms with Gasteiger partial charge in [0.25, 0.3) is 5.91 Å². The van der Waals surface area contributed by atoms with Crippen molar-refractivity contribution in [3.05, 3.63) is 28.8 Å². The Bertz CT molecular complexity index is 456. The summed E-state index contributed by atoms with van der Waals surface area (Å²) in [6.45, 7) is 2.76. The zero-order chi connectivity index (χ0) is 14.4. The van der Waals surface area contributed by atoms with Crippen LogP contribution in [0, 0.1) is 12.8 Å². The lowest BCUT2D eigenvalue weighted by Gasteiger charge is -2.21. The maximum atomic E-state index is 11.7. The van der Waals surface area contributed by atoms with Gasteiger partial charge in [0.15, 0.2) is 6.61 Å². The van der Waals surface area contributed by atoms with Gasteiger partial charge >= 0.3 is 0 Å². The van der Waals surface area contributed by atoms with E-state index >= 15 is 0 Å². The Morgan fingerprint density at radius 3 is 2.80 bits per heavy atom. The van der Waals surface area contributed by atoms with Crippen LogP contribution in [-0.4, -0.2) is 19.1 Å². The molecule has 4 heteroatoms. The van der Waals surface area contributed by atoms with E-state index in [1.54, 1.807) is 12.1 Å². The Kier molecular flexibility index (Phi) is 5.72. The Labute approximate surface area is 125 Å². The molecule has 0 bridgehead atoms. The summed E-state index contributed by atoms with van der Waals surface area (Å²) in [4.78, 5) is 11.7. The first kappa shape index (κ1) is 15.2. The molecule has 110 valence electrons. The van der Waals surface area contributed by atoms with Gasteiger partial charge in [0.05, 0.1) is 0 Å². The van der Waals surface area contributed by atoms with Crippen molar-refractivity contribution in [2.75, 3.05) is 13.2 Å². The SMILES string of the molecule is Cc1cc(OCC(=O)NCC2CCCCC2)ccc1Cl. The molecule has 1 aliphatic rings. The summed E-state index contributed by atoms with van der Waals surface area (Å²) in [6, 6.07) is 5.41. The van der Waals surface area contributed by atoms with Gasteiger partial charge in [-0.3, -0.25) is 4.79 Å². The molecule has 20 heavy (non-hydrogen) atoms. The Morgan fingerprint density at radius 2 is 2.10 bits per heavy atom. The predicted molar refractivity (Wildman–Crippen MR) is 81.3 cm³/mol. The minimum absolute atomic E-state index is 0.0526. The smallest absolute Gasteiger partial charge is 0.257 e. The van der Waals surface area contributed by atoms with Gasteiger partial charge in [0.2, 0.25) is 0 Å². The van der Waals surface area contributed by atoms with Crippen LogP contribution in [-0.2, 0) is 4.79 Å². The van der Waals surface area contributed by atoms with Crippen molar-refractivity contribution in [3.63, 3.8) is 0 Å². The molecule has 0 saturated heterocycles. The van der Waals surface area contributed by atoms with Crippen LogP contribution in [0.2, 0.25) is 5.02 Å². The Balaban J connectivity index is 1.70. The fourth-order valence-corrected chi connectivity index (χ4v) is 2.67. The Morgan fingerprint density at radius 1 is 1.35 bits per heavy atom. The zero-order valence-corrected chi connectivity index (χ0v) is 12.7. The zero-order valence-electron chi connectivity index (χ0n) is 12.0. The highest BCUT2D eigenvalue weighted by atomic mass is 35.5. The molecule has 0 atom stereocenters. The minimum atomic E-state index is -0.0526. The monoisotopic (exact) mass is 295 g/mol. The van der Waals surface area contributed by atoms with Crippen molar-refractivity contribution in [1.82, 2.24) is 5.32 Å². The lowest BCUT2D eigenvalue weighted by molar-refractivity contribution is -0.123. The van der Waals surface area contributed by atoms with Gasteiger partial charge < -0.3 is 10.1 Å². The summed E-state index contributed by atoms with van der Waals surface area (Å²) in [7, 11) is 0. The third-order valence-electron chi connectivity index (χ3n) is 3.81. The quantitative estimate of drug-likeness (QED) is 0.899. The number of hydrogen-bond donors (Lipinski definition) is 1. The largest absolute Gasteiger partial charge is 0.484 e. The van der Waals surface area contributed by atoms with E-state index in [-0.39, 0.29) is 12.5 Å². The third kappa shape index (κ3) is 4.71. The molecule has 0 spiro atoms. The van der Waals surface area contributed by atoms with Crippen LogP contribution in [0.25, 0.3) is 0 Å². The van der Waals surface area contributed by atoms with E-state index in [9.17, 15) is 4.79 Å². The van der Waals surface area contributed by atoms with Crippen LogP contribution in [0.4, 0.5) is 0 Å². The number of carbonyl (C=O) groups is 1. The summed E-state index contributed by atoms with van der Waals surface area (Å²) < 4.78 is 5.47. The van der Waals surface area contributed by atoms with Gasteiger partial charge in [-0.25, -0.2) is 0 Å². The number of carbonyl (C=O) groups excluding carboxylic acids is 1. The summed E-state index contributed by atoms with van der Waals surface area (Å²) >= 11 is 5.94. The minimum Gasteiger partial charge on any atom is -0.484 e. The maximum absolute atomic E-state index is 11.7. The number of amides is 1. The molecule has 0 aliphatic heterocycles. The van der Waals surface area contributed by atoms with Crippen LogP contribution in [0.1, 0.15) is 37.7 Å².